The molecule has 0 bridgehead atoms. The van der Waals surface area contributed by atoms with Crippen LogP contribution < -0.4 is 0 Å². The number of esters is 1. The molecule has 0 aromatic carbocycles. The lowest BCUT2D eigenvalue weighted by atomic mass is 10.1. The van der Waals surface area contributed by atoms with Gasteiger partial charge in [0, 0.05) is 0 Å². The number of hydrogen-bond acceptors (Lipinski definition) is 3. The molecule has 3 nitrogen and oxygen atoms in total. The van der Waals surface area contributed by atoms with Crippen molar-refractivity contribution in [1.82, 2.24) is 0 Å². The molecular formula is C14H24O3. The standard InChI is InChI=1S/C14H24O3/c1-3-4-5-6-7-8-9-10-12-13(17-12)11-14(15)16-2/h3,12-13H,1,4-11H2,2H3/t12-,13-/m1/s1. The zero-order chi connectivity index (χ0) is 12.5. The average molecular weight is 240 g/mol. The predicted octanol–water partition coefficient (Wildman–Crippen LogP) is 3.23. The summed E-state index contributed by atoms with van der Waals surface area (Å²) in [6, 6.07) is 0. The third kappa shape index (κ3) is 6.47. The molecule has 0 saturated carbocycles. The van der Waals surface area contributed by atoms with Crippen LogP contribution in [-0.4, -0.2) is 25.3 Å². The van der Waals surface area contributed by atoms with E-state index < -0.39 is 0 Å². The molecule has 98 valence electrons. The summed E-state index contributed by atoms with van der Waals surface area (Å²) in [5.41, 5.74) is 0. The van der Waals surface area contributed by atoms with Crippen LogP contribution in [0.25, 0.3) is 0 Å². The fourth-order valence-electron chi connectivity index (χ4n) is 2.02. The van der Waals surface area contributed by atoms with Gasteiger partial charge in [0.2, 0.25) is 0 Å². The van der Waals surface area contributed by atoms with Crippen molar-refractivity contribution in [3.05, 3.63) is 12.7 Å². The molecule has 0 aliphatic carbocycles. The van der Waals surface area contributed by atoms with Crippen LogP contribution in [0.5, 0.6) is 0 Å². The molecule has 0 aromatic rings. The summed E-state index contributed by atoms with van der Waals surface area (Å²) in [7, 11) is 1.42. The smallest absolute Gasteiger partial charge is 0.308 e. The van der Waals surface area contributed by atoms with E-state index >= 15 is 0 Å². The molecule has 0 spiro atoms. The molecule has 1 fully saturated rings. The van der Waals surface area contributed by atoms with Gasteiger partial charge in [0.15, 0.2) is 0 Å². The van der Waals surface area contributed by atoms with Gasteiger partial charge < -0.3 is 9.47 Å². The highest BCUT2D eigenvalue weighted by atomic mass is 16.6. The second-order valence-corrected chi connectivity index (χ2v) is 4.63. The Bertz CT molecular complexity index is 238. The van der Waals surface area contributed by atoms with Crippen molar-refractivity contribution in [3.8, 4) is 0 Å². The van der Waals surface area contributed by atoms with Crippen molar-refractivity contribution in [2.24, 2.45) is 0 Å². The number of hydrogen-bond donors (Lipinski definition) is 0. The summed E-state index contributed by atoms with van der Waals surface area (Å²) in [5.74, 6) is -0.165. The first kappa shape index (κ1) is 14.2. The van der Waals surface area contributed by atoms with E-state index in [1.807, 2.05) is 6.08 Å². The lowest BCUT2D eigenvalue weighted by Crippen LogP contribution is -2.06. The Morgan fingerprint density at radius 1 is 1.24 bits per heavy atom. The van der Waals surface area contributed by atoms with Gasteiger partial charge in [0.05, 0.1) is 25.7 Å². The number of allylic oxidation sites excluding steroid dienone is 1. The molecule has 1 aliphatic rings. The summed E-state index contributed by atoms with van der Waals surface area (Å²) in [6.45, 7) is 3.71. The van der Waals surface area contributed by atoms with Gasteiger partial charge in [-0.1, -0.05) is 31.8 Å². The Kier molecular flexibility index (Phi) is 6.94. The van der Waals surface area contributed by atoms with E-state index in [-0.39, 0.29) is 12.1 Å². The maximum absolute atomic E-state index is 11.0. The molecule has 2 atom stereocenters. The minimum atomic E-state index is -0.165. The number of methoxy groups -OCH3 is 1. The zero-order valence-electron chi connectivity index (χ0n) is 10.8. The topological polar surface area (TPSA) is 38.8 Å². The van der Waals surface area contributed by atoms with Crippen LogP contribution in [0, 0.1) is 0 Å². The van der Waals surface area contributed by atoms with Gasteiger partial charge in [-0.05, 0) is 19.3 Å². The van der Waals surface area contributed by atoms with E-state index in [4.69, 9.17) is 4.74 Å². The third-order valence-corrected chi connectivity index (χ3v) is 3.18. The van der Waals surface area contributed by atoms with E-state index in [9.17, 15) is 4.79 Å². The summed E-state index contributed by atoms with van der Waals surface area (Å²) in [6.07, 6.45) is 11.4. The van der Waals surface area contributed by atoms with Gasteiger partial charge >= 0.3 is 5.97 Å². The van der Waals surface area contributed by atoms with E-state index in [0.717, 1.165) is 12.8 Å². The van der Waals surface area contributed by atoms with Gasteiger partial charge in [-0.25, -0.2) is 0 Å². The highest BCUT2D eigenvalue weighted by Crippen LogP contribution is 2.30. The molecule has 17 heavy (non-hydrogen) atoms. The third-order valence-electron chi connectivity index (χ3n) is 3.18. The first-order chi connectivity index (χ1) is 8.27. The Hall–Kier alpha value is -0.830. The Morgan fingerprint density at radius 2 is 1.94 bits per heavy atom. The van der Waals surface area contributed by atoms with Crippen LogP contribution in [0.2, 0.25) is 0 Å². The number of carbonyl (C=O) groups excluding carboxylic acids is 1. The van der Waals surface area contributed by atoms with Crippen molar-refractivity contribution in [2.45, 2.75) is 63.6 Å². The number of ether oxygens (including phenoxy) is 2. The maximum atomic E-state index is 11.0. The fraction of sp³-hybridized carbons (Fsp3) is 0.786. The van der Waals surface area contributed by atoms with Crippen molar-refractivity contribution >= 4 is 5.97 Å². The lowest BCUT2D eigenvalue weighted by Gasteiger charge is -1.99. The molecule has 1 saturated heterocycles. The quantitative estimate of drug-likeness (QED) is 0.255. The highest BCUT2D eigenvalue weighted by molar-refractivity contribution is 5.70. The molecule has 1 heterocycles. The van der Waals surface area contributed by atoms with Crippen LogP contribution in [-0.2, 0) is 14.3 Å². The molecule has 0 N–H and O–H groups in total. The fourth-order valence-corrected chi connectivity index (χ4v) is 2.02. The van der Waals surface area contributed by atoms with Crippen molar-refractivity contribution in [3.63, 3.8) is 0 Å². The highest BCUT2D eigenvalue weighted by Gasteiger charge is 2.39. The molecule has 1 aliphatic heterocycles. The largest absolute Gasteiger partial charge is 0.469 e. The Morgan fingerprint density at radius 3 is 2.65 bits per heavy atom. The van der Waals surface area contributed by atoms with Crippen molar-refractivity contribution in [2.75, 3.05) is 7.11 Å². The summed E-state index contributed by atoms with van der Waals surface area (Å²) in [5, 5.41) is 0. The minimum Gasteiger partial charge on any atom is -0.469 e. The SMILES string of the molecule is C=CCCCCCCC[C@H]1O[C@@H]1CC(=O)OC. The molecule has 0 unspecified atom stereocenters. The van der Waals surface area contributed by atoms with Gasteiger partial charge in [0.25, 0.3) is 0 Å². The molecule has 3 heteroatoms. The predicted molar refractivity (Wildman–Crippen MR) is 67.8 cm³/mol. The second-order valence-electron chi connectivity index (χ2n) is 4.63. The van der Waals surface area contributed by atoms with Crippen LogP contribution >= 0.6 is 0 Å². The molecule has 0 aromatic heterocycles. The van der Waals surface area contributed by atoms with E-state index in [2.05, 4.69) is 11.3 Å². The van der Waals surface area contributed by atoms with E-state index in [1.54, 1.807) is 0 Å². The molecule has 1 rings (SSSR count). The lowest BCUT2D eigenvalue weighted by molar-refractivity contribution is -0.140. The van der Waals surface area contributed by atoms with Crippen LogP contribution in [0.15, 0.2) is 12.7 Å². The van der Waals surface area contributed by atoms with Gasteiger partial charge in [-0.2, -0.15) is 0 Å². The van der Waals surface area contributed by atoms with Crippen molar-refractivity contribution < 1.29 is 14.3 Å². The minimum absolute atomic E-state index is 0.128. The van der Waals surface area contributed by atoms with E-state index in [1.165, 1.54) is 39.2 Å². The monoisotopic (exact) mass is 240 g/mol. The summed E-state index contributed by atoms with van der Waals surface area (Å²) in [4.78, 5) is 11.0. The molecule has 0 amide bonds. The van der Waals surface area contributed by atoms with Crippen LogP contribution in [0.3, 0.4) is 0 Å². The molecule has 0 radical (unpaired) electrons. The number of carbonyl (C=O) groups is 1. The van der Waals surface area contributed by atoms with Gasteiger partial charge in [-0.3, -0.25) is 4.79 Å². The van der Waals surface area contributed by atoms with Crippen LogP contribution in [0.1, 0.15) is 51.4 Å². The average Bonchev–Trinajstić information content (AvgIpc) is 3.06. The maximum Gasteiger partial charge on any atom is 0.308 e. The summed E-state index contributed by atoms with van der Waals surface area (Å²) < 4.78 is 10.0. The number of rotatable bonds is 10. The number of epoxide rings is 1. The van der Waals surface area contributed by atoms with Crippen molar-refractivity contribution in [1.29, 1.82) is 0 Å². The number of unbranched alkanes of at least 4 members (excludes halogenated alkanes) is 5. The van der Waals surface area contributed by atoms with Gasteiger partial charge in [0.1, 0.15) is 0 Å². The van der Waals surface area contributed by atoms with Gasteiger partial charge in [-0.15, -0.1) is 6.58 Å². The van der Waals surface area contributed by atoms with E-state index in [0.29, 0.717) is 12.5 Å². The van der Waals surface area contributed by atoms with Crippen LogP contribution in [0.4, 0.5) is 0 Å². The molecular weight excluding hydrogens is 216 g/mol. The first-order valence-electron chi connectivity index (χ1n) is 6.61. The summed E-state index contributed by atoms with van der Waals surface area (Å²) >= 11 is 0. The zero-order valence-corrected chi connectivity index (χ0v) is 10.8. The normalized spacial score (nSPS) is 22.2. The Balaban J connectivity index is 1.85. The first-order valence-corrected chi connectivity index (χ1v) is 6.61. The Labute approximate surface area is 104 Å². The second kappa shape index (κ2) is 8.29.